The first-order chi connectivity index (χ1) is 8.22. The molecular weight excluding hydrogens is 218 g/mol. The smallest absolute Gasteiger partial charge is 0.216 e. The summed E-state index contributed by atoms with van der Waals surface area (Å²) in [5.74, 6) is 0.770. The molecule has 0 bridgehead atoms. The Labute approximate surface area is 99.7 Å². The molecule has 17 heavy (non-hydrogen) atoms. The van der Waals surface area contributed by atoms with Gasteiger partial charge in [-0.1, -0.05) is 0 Å². The van der Waals surface area contributed by atoms with Crippen molar-refractivity contribution in [2.75, 3.05) is 12.4 Å². The van der Waals surface area contributed by atoms with Crippen LogP contribution >= 0.6 is 0 Å². The summed E-state index contributed by atoms with van der Waals surface area (Å²) in [5.41, 5.74) is 2.87. The number of hydrogen-bond donors (Lipinski definition) is 1. The summed E-state index contributed by atoms with van der Waals surface area (Å²) in [6, 6.07) is 0. The van der Waals surface area contributed by atoms with Crippen LogP contribution in [-0.4, -0.2) is 26.9 Å². The van der Waals surface area contributed by atoms with Gasteiger partial charge in [-0.05, 0) is 6.92 Å². The molecular formula is C11H15N5O. The molecule has 0 aliphatic carbocycles. The van der Waals surface area contributed by atoms with Crippen molar-refractivity contribution in [2.24, 2.45) is 7.05 Å². The lowest BCUT2D eigenvalue weighted by Crippen LogP contribution is -2.03. The molecule has 6 nitrogen and oxygen atoms in total. The highest BCUT2D eigenvalue weighted by Gasteiger charge is 2.13. The van der Waals surface area contributed by atoms with Crippen LogP contribution in [0, 0.1) is 6.92 Å². The van der Waals surface area contributed by atoms with Gasteiger partial charge in [0, 0.05) is 13.6 Å². The molecule has 1 N–H and O–H groups in total. The van der Waals surface area contributed by atoms with Crippen LogP contribution in [0.5, 0.6) is 5.88 Å². The third-order valence-electron chi connectivity index (χ3n) is 2.51. The number of aryl methyl sites for hydroxylation is 2. The molecule has 0 atom stereocenters. The third kappa shape index (κ3) is 2.35. The van der Waals surface area contributed by atoms with Crippen LogP contribution in [0.2, 0.25) is 0 Å². The maximum Gasteiger partial charge on any atom is 0.216 e. The van der Waals surface area contributed by atoms with Gasteiger partial charge in [0.05, 0.1) is 36.4 Å². The van der Waals surface area contributed by atoms with E-state index in [1.54, 1.807) is 24.2 Å². The van der Waals surface area contributed by atoms with E-state index in [4.69, 9.17) is 4.74 Å². The fourth-order valence-corrected chi connectivity index (χ4v) is 1.72. The lowest BCUT2D eigenvalue weighted by molar-refractivity contribution is 0.370. The largest absolute Gasteiger partial charge is 0.481 e. The number of ether oxygens (including phenoxy) is 1. The van der Waals surface area contributed by atoms with Crippen LogP contribution in [0.3, 0.4) is 0 Å². The predicted molar refractivity (Wildman–Crippen MR) is 63.9 cm³/mol. The van der Waals surface area contributed by atoms with Crippen LogP contribution in [0.15, 0.2) is 18.7 Å². The van der Waals surface area contributed by atoms with Gasteiger partial charge in [0.1, 0.15) is 6.33 Å². The minimum atomic E-state index is 0.635. The fourth-order valence-electron chi connectivity index (χ4n) is 1.72. The zero-order valence-corrected chi connectivity index (χ0v) is 10.1. The van der Waals surface area contributed by atoms with Gasteiger partial charge in [0.15, 0.2) is 0 Å². The average molecular weight is 233 g/mol. The molecule has 90 valence electrons. The first-order valence-corrected chi connectivity index (χ1v) is 5.27. The van der Waals surface area contributed by atoms with Crippen LogP contribution in [0.4, 0.5) is 5.69 Å². The van der Waals surface area contributed by atoms with Crippen LogP contribution in [0.1, 0.15) is 11.3 Å². The summed E-state index contributed by atoms with van der Waals surface area (Å²) in [4.78, 5) is 7.88. The SMILES string of the molecule is COc1c(CNc2cncnc2)c(C)nn1C. The van der Waals surface area contributed by atoms with Crippen LogP contribution in [-0.2, 0) is 13.6 Å². The third-order valence-corrected chi connectivity index (χ3v) is 2.51. The summed E-state index contributed by atoms with van der Waals surface area (Å²) in [7, 11) is 3.51. The van der Waals surface area contributed by atoms with E-state index in [1.165, 1.54) is 6.33 Å². The van der Waals surface area contributed by atoms with Gasteiger partial charge >= 0.3 is 0 Å². The van der Waals surface area contributed by atoms with Crippen LogP contribution < -0.4 is 10.1 Å². The molecule has 0 radical (unpaired) electrons. The molecule has 2 aromatic heterocycles. The van der Waals surface area contributed by atoms with E-state index >= 15 is 0 Å². The Hall–Kier alpha value is -2.11. The monoisotopic (exact) mass is 233 g/mol. The Morgan fingerprint density at radius 1 is 1.35 bits per heavy atom. The first kappa shape index (κ1) is 11.4. The van der Waals surface area contributed by atoms with Gasteiger partial charge in [-0.2, -0.15) is 5.10 Å². The molecule has 0 aliphatic rings. The standard InChI is InChI=1S/C11H15N5O/c1-8-10(11(17-3)16(2)15-8)6-14-9-4-12-7-13-5-9/h4-5,7,14H,6H2,1-3H3. The minimum Gasteiger partial charge on any atom is -0.481 e. The van der Waals surface area contributed by atoms with Crippen molar-refractivity contribution in [3.05, 3.63) is 30.0 Å². The zero-order chi connectivity index (χ0) is 12.3. The number of nitrogens with zero attached hydrogens (tertiary/aromatic N) is 4. The van der Waals surface area contributed by atoms with Gasteiger partial charge in [0.2, 0.25) is 5.88 Å². The van der Waals surface area contributed by atoms with Gasteiger partial charge in [-0.15, -0.1) is 0 Å². The molecule has 0 spiro atoms. The van der Waals surface area contributed by atoms with E-state index in [2.05, 4.69) is 20.4 Å². The molecule has 0 aromatic carbocycles. The quantitative estimate of drug-likeness (QED) is 0.857. The zero-order valence-electron chi connectivity index (χ0n) is 10.1. The van der Waals surface area contributed by atoms with Crippen molar-refractivity contribution < 1.29 is 4.74 Å². The maximum atomic E-state index is 5.31. The number of nitrogens with one attached hydrogen (secondary N) is 1. The molecule has 0 saturated heterocycles. The number of methoxy groups -OCH3 is 1. The number of aromatic nitrogens is 4. The lowest BCUT2D eigenvalue weighted by atomic mass is 10.2. The number of rotatable bonds is 4. The number of anilines is 1. The van der Waals surface area contributed by atoms with Gasteiger partial charge in [-0.25, -0.2) is 14.6 Å². The Bertz CT molecular complexity index is 494. The minimum absolute atomic E-state index is 0.635. The molecule has 0 unspecified atom stereocenters. The van der Waals surface area contributed by atoms with E-state index in [0.717, 1.165) is 22.8 Å². The van der Waals surface area contributed by atoms with E-state index in [9.17, 15) is 0 Å². The van der Waals surface area contributed by atoms with E-state index in [1.807, 2.05) is 14.0 Å². The topological polar surface area (TPSA) is 64.9 Å². The van der Waals surface area contributed by atoms with Crippen molar-refractivity contribution in [1.82, 2.24) is 19.7 Å². The molecule has 0 saturated carbocycles. The van der Waals surface area contributed by atoms with Crippen molar-refractivity contribution in [3.8, 4) is 5.88 Å². The van der Waals surface area contributed by atoms with Gasteiger partial charge in [-0.3, -0.25) is 0 Å². The van der Waals surface area contributed by atoms with Crippen molar-refractivity contribution in [2.45, 2.75) is 13.5 Å². The van der Waals surface area contributed by atoms with Crippen molar-refractivity contribution >= 4 is 5.69 Å². The normalized spacial score (nSPS) is 10.3. The average Bonchev–Trinajstić information content (AvgIpc) is 2.62. The fraction of sp³-hybridized carbons (Fsp3) is 0.364. The summed E-state index contributed by atoms with van der Waals surface area (Å²) in [6.07, 6.45) is 4.96. The second-order valence-electron chi connectivity index (χ2n) is 3.68. The Kier molecular flexibility index (Phi) is 3.22. The second-order valence-corrected chi connectivity index (χ2v) is 3.68. The highest BCUT2D eigenvalue weighted by molar-refractivity contribution is 5.41. The van der Waals surface area contributed by atoms with E-state index < -0.39 is 0 Å². The van der Waals surface area contributed by atoms with Crippen molar-refractivity contribution in [1.29, 1.82) is 0 Å². The first-order valence-electron chi connectivity index (χ1n) is 5.27. The van der Waals surface area contributed by atoms with E-state index in [0.29, 0.717) is 6.54 Å². The summed E-state index contributed by atoms with van der Waals surface area (Å²) in [5, 5.41) is 7.55. The molecule has 2 rings (SSSR count). The van der Waals surface area contributed by atoms with E-state index in [-0.39, 0.29) is 0 Å². The Morgan fingerprint density at radius 3 is 2.71 bits per heavy atom. The molecule has 0 fully saturated rings. The maximum absolute atomic E-state index is 5.31. The predicted octanol–water partition coefficient (Wildman–Crippen LogP) is 1.14. The van der Waals surface area contributed by atoms with Gasteiger partial charge < -0.3 is 10.1 Å². The highest BCUT2D eigenvalue weighted by atomic mass is 16.5. The van der Waals surface area contributed by atoms with Gasteiger partial charge in [0.25, 0.3) is 0 Å². The molecule has 2 aromatic rings. The lowest BCUT2D eigenvalue weighted by Gasteiger charge is -2.07. The molecule has 2 heterocycles. The molecule has 0 amide bonds. The Morgan fingerprint density at radius 2 is 2.06 bits per heavy atom. The second kappa shape index (κ2) is 4.82. The summed E-state index contributed by atoms with van der Waals surface area (Å²) < 4.78 is 7.04. The molecule has 6 heteroatoms. The number of hydrogen-bond acceptors (Lipinski definition) is 5. The summed E-state index contributed by atoms with van der Waals surface area (Å²) in [6.45, 7) is 2.59. The summed E-state index contributed by atoms with van der Waals surface area (Å²) >= 11 is 0. The van der Waals surface area contributed by atoms with Crippen LogP contribution in [0.25, 0.3) is 0 Å². The highest BCUT2D eigenvalue weighted by Crippen LogP contribution is 2.21. The van der Waals surface area contributed by atoms with Crippen molar-refractivity contribution in [3.63, 3.8) is 0 Å². The molecule has 0 aliphatic heterocycles. The Balaban J connectivity index is 2.14.